The Morgan fingerprint density at radius 3 is 2.95 bits per heavy atom. The molecule has 1 aliphatic rings. The molecule has 0 radical (unpaired) electrons. The van der Waals surface area contributed by atoms with E-state index in [-0.39, 0.29) is 0 Å². The van der Waals surface area contributed by atoms with E-state index in [0.717, 1.165) is 37.1 Å². The predicted octanol–water partition coefficient (Wildman–Crippen LogP) is 1.09. The molecule has 2 aromatic rings. The van der Waals surface area contributed by atoms with Crippen LogP contribution in [-0.4, -0.2) is 53.2 Å². The van der Waals surface area contributed by atoms with E-state index in [4.69, 9.17) is 0 Å². The molecule has 0 amide bonds. The van der Waals surface area contributed by atoms with Crippen molar-refractivity contribution in [3.05, 3.63) is 29.3 Å². The molecule has 3 rings (SSSR count). The maximum Gasteiger partial charge on any atom is 0.185 e. The van der Waals surface area contributed by atoms with Gasteiger partial charge in [-0.15, -0.1) is 11.3 Å². The first-order chi connectivity index (χ1) is 10.1. The van der Waals surface area contributed by atoms with Gasteiger partial charge >= 0.3 is 0 Å². The molecule has 1 saturated heterocycles. The first-order valence-corrected chi connectivity index (χ1v) is 8.01. The summed E-state index contributed by atoms with van der Waals surface area (Å²) in [5.41, 5.74) is 0. The van der Waals surface area contributed by atoms with E-state index in [2.05, 4.69) is 36.7 Å². The molecular formula is C14H22N6S. The average molecular weight is 306 g/mol. The Bertz CT molecular complexity index is 590. The van der Waals surface area contributed by atoms with Gasteiger partial charge < -0.3 is 14.8 Å². The fourth-order valence-electron chi connectivity index (χ4n) is 2.67. The van der Waals surface area contributed by atoms with Crippen molar-refractivity contribution in [2.75, 3.05) is 38.6 Å². The van der Waals surface area contributed by atoms with E-state index in [1.54, 1.807) is 11.3 Å². The molecular weight excluding hydrogens is 284 g/mol. The Morgan fingerprint density at radius 2 is 2.29 bits per heavy atom. The number of nitrogens with zero attached hydrogens (tertiary/aromatic N) is 5. The monoisotopic (exact) mass is 306 g/mol. The summed E-state index contributed by atoms with van der Waals surface area (Å²) in [6, 6.07) is 0.323. The number of nitrogens with one attached hydrogen (secondary N) is 1. The van der Waals surface area contributed by atoms with Crippen LogP contribution in [0, 0.1) is 0 Å². The first kappa shape index (κ1) is 14.5. The second-order valence-corrected chi connectivity index (χ2v) is 6.68. The zero-order valence-electron chi connectivity index (χ0n) is 12.8. The minimum Gasteiger partial charge on any atom is -0.354 e. The van der Waals surface area contributed by atoms with Gasteiger partial charge in [0.05, 0.1) is 6.04 Å². The second kappa shape index (κ2) is 6.13. The van der Waals surface area contributed by atoms with Gasteiger partial charge in [-0.3, -0.25) is 4.90 Å². The third kappa shape index (κ3) is 3.09. The SMILES string of the molecule is CN(C)c1ncc(CN2CCNCC2c2nccn2C)s1. The number of aromatic nitrogens is 3. The van der Waals surface area contributed by atoms with Crippen molar-refractivity contribution in [3.63, 3.8) is 0 Å². The molecule has 0 aliphatic carbocycles. The zero-order chi connectivity index (χ0) is 14.8. The number of thiazole rings is 1. The smallest absolute Gasteiger partial charge is 0.185 e. The molecule has 0 saturated carbocycles. The predicted molar refractivity (Wildman–Crippen MR) is 85.7 cm³/mol. The fourth-order valence-corrected chi connectivity index (χ4v) is 3.52. The lowest BCUT2D eigenvalue weighted by Crippen LogP contribution is -2.46. The molecule has 1 atom stereocenters. The van der Waals surface area contributed by atoms with Gasteiger partial charge in [-0.2, -0.15) is 0 Å². The average Bonchev–Trinajstić information content (AvgIpc) is 3.09. The van der Waals surface area contributed by atoms with Crippen LogP contribution in [0.5, 0.6) is 0 Å². The number of rotatable bonds is 4. The molecule has 21 heavy (non-hydrogen) atoms. The van der Waals surface area contributed by atoms with Crippen LogP contribution >= 0.6 is 11.3 Å². The van der Waals surface area contributed by atoms with Gasteiger partial charge in [0, 0.05) is 70.8 Å². The zero-order valence-corrected chi connectivity index (χ0v) is 13.6. The van der Waals surface area contributed by atoms with Crippen LogP contribution in [0.25, 0.3) is 0 Å². The Hall–Kier alpha value is -1.44. The molecule has 114 valence electrons. The molecule has 0 bridgehead atoms. The third-order valence-corrected chi connectivity index (χ3v) is 4.94. The topological polar surface area (TPSA) is 49.2 Å². The summed E-state index contributed by atoms with van der Waals surface area (Å²) in [7, 11) is 6.13. The maximum absolute atomic E-state index is 4.53. The van der Waals surface area contributed by atoms with E-state index in [1.165, 1.54) is 4.88 Å². The van der Waals surface area contributed by atoms with Gasteiger partial charge in [0.15, 0.2) is 5.13 Å². The second-order valence-electron chi connectivity index (χ2n) is 5.59. The summed E-state index contributed by atoms with van der Waals surface area (Å²) in [5, 5.41) is 4.54. The highest BCUT2D eigenvalue weighted by molar-refractivity contribution is 7.15. The highest BCUT2D eigenvalue weighted by Crippen LogP contribution is 2.26. The lowest BCUT2D eigenvalue weighted by molar-refractivity contribution is 0.146. The van der Waals surface area contributed by atoms with Gasteiger partial charge in [0.1, 0.15) is 5.82 Å². The van der Waals surface area contributed by atoms with Crippen molar-refractivity contribution in [2.24, 2.45) is 7.05 Å². The number of imidazole rings is 1. The number of aryl methyl sites for hydroxylation is 1. The highest BCUT2D eigenvalue weighted by atomic mass is 32.1. The van der Waals surface area contributed by atoms with E-state index < -0.39 is 0 Å². The van der Waals surface area contributed by atoms with Gasteiger partial charge in [-0.05, 0) is 0 Å². The van der Waals surface area contributed by atoms with E-state index in [9.17, 15) is 0 Å². The molecule has 1 N–H and O–H groups in total. The molecule has 1 unspecified atom stereocenters. The normalized spacial score (nSPS) is 19.9. The Morgan fingerprint density at radius 1 is 1.43 bits per heavy atom. The van der Waals surface area contributed by atoms with E-state index in [1.807, 2.05) is 32.7 Å². The van der Waals surface area contributed by atoms with E-state index >= 15 is 0 Å². The van der Waals surface area contributed by atoms with Crippen molar-refractivity contribution in [1.82, 2.24) is 24.8 Å². The van der Waals surface area contributed by atoms with Crippen LogP contribution < -0.4 is 10.2 Å². The van der Waals surface area contributed by atoms with Gasteiger partial charge in [0.2, 0.25) is 0 Å². The highest BCUT2D eigenvalue weighted by Gasteiger charge is 2.27. The van der Waals surface area contributed by atoms with Crippen molar-refractivity contribution in [2.45, 2.75) is 12.6 Å². The van der Waals surface area contributed by atoms with Crippen LogP contribution in [-0.2, 0) is 13.6 Å². The Labute approximate surface area is 129 Å². The largest absolute Gasteiger partial charge is 0.354 e. The number of piperazine rings is 1. The summed E-state index contributed by atoms with van der Waals surface area (Å²) < 4.78 is 2.11. The van der Waals surface area contributed by atoms with Crippen LogP contribution in [0.3, 0.4) is 0 Å². The van der Waals surface area contributed by atoms with Gasteiger partial charge in [-0.25, -0.2) is 9.97 Å². The maximum atomic E-state index is 4.53. The van der Waals surface area contributed by atoms with Crippen LogP contribution in [0.1, 0.15) is 16.7 Å². The third-order valence-electron chi connectivity index (χ3n) is 3.79. The van der Waals surface area contributed by atoms with Crippen molar-refractivity contribution >= 4 is 16.5 Å². The minimum atomic E-state index is 0.323. The van der Waals surface area contributed by atoms with E-state index in [0.29, 0.717) is 6.04 Å². The number of hydrogen-bond donors (Lipinski definition) is 1. The quantitative estimate of drug-likeness (QED) is 0.916. The van der Waals surface area contributed by atoms with Crippen molar-refractivity contribution in [3.8, 4) is 0 Å². The molecule has 0 aromatic carbocycles. The first-order valence-electron chi connectivity index (χ1n) is 7.19. The summed E-state index contributed by atoms with van der Waals surface area (Å²) in [4.78, 5) is 14.8. The molecule has 6 nitrogen and oxygen atoms in total. The Balaban J connectivity index is 1.76. The fraction of sp³-hybridized carbons (Fsp3) is 0.571. The molecule has 1 aliphatic heterocycles. The number of hydrogen-bond acceptors (Lipinski definition) is 6. The molecule has 2 aromatic heterocycles. The van der Waals surface area contributed by atoms with Crippen molar-refractivity contribution < 1.29 is 0 Å². The van der Waals surface area contributed by atoms with Crippen molar-refractivity contribution in [1.29, 1.82) is 0 Å². The summed E-state index contributed by atoms with van der Waals surface area (Å²) in [6.07, 6.45) is 5.88. The van der Waals surface area contributed by atoms with Crippen LogP contribution in [0.4, 0.5) is 5.13 Å². The Kier molecular flexibility index (Phi) is 4.23. The van der Waals surface area contributed by atoms with Gasteiger partial charge in [0.25, 0.3) is 0 Å². The van der Waals surface area contributed by atoms with Crippen LogP contribution in [0.2, 0.25) is 0 Å². The molecule has 1 fully saturated rings. The minimum absolute atomic E-state index is 0.323. The molecule has 0 spiro atoms. The molecule has 3 heterocycles. The summed E-state index contributed by atoms with van der Waals surface area (Å²) in [5.74, 6) is 1.12. The summed E-state index contributed by atoms with van der Waals surface area (Å²) in [6.45, 7) is 3.95. The van der Waals surface area contributed by atoms with Gasteiger partial charge in [-0.1, -0.05) is 0 Å². The standard InChI is InChI=1S/C14H22N6S/c1-18(2)14-17-8-11(21-14)10-20-7-4-15-9-12(20)13-16-5-6-19(13)3/h5-6,8,12,15H,4,7,9-10H2,1-3H3. The number of anilines is 1. The van der Waals surface area contributed by atoms with Crippen LogP contribution in [0.15, 0.2) is 18.6 Å². The molecule has 7 heteroatoms. The lowest BCUT2D eigenvalue weighted by Gasteiger charge is -2.35. The summed E-state index contributed by atoms with van der Waals surface area (Å²) >= 11 is 1.76. The lowest BCUT2D eigenvalue weighted by atomic mass is 10.1.